The van der Waals surface area contributed by atoms with E-state index in [2.05, 4.69) is 9.97 Å². The second-order valence-corrected chi connectivity index (χ2v) is 7.43. The third-order valence-corrected chi connectivity index (χ3v) is 5.81. The molecule has 0 fully saturated rings. The highest BCUT2D eigenvalue weighted by Crippen LogP contribution is 2.54. The van der Waals surface area contributed by atoms with Gasteiger partial charge in [-0.2, -0.15) is 0 Å². The minimum atomic E-state index is -1.48. The van der Waals surface area contributed by atoms with Crippen LogP contribution >= 0.6 is 11.6 Å². The molecule has 0 radical (unpaired) electrons. The van der Waals surface area contributed by atoms with Crippen molar-refractivity contribution in [2.45, 2.75) is 18.9 Å². The number of ketones is 2. The zero-order valence-electron chi connectivity index (χ0n) is 16.8. The average molecular weight is 431 g/mol. The van der Waals surface area contributed by atoms with Gasteiger partial charge in [-0.3, -0.25) is 9.59 Å². The van der Waals surface area contributed by atoms with Crippen LogP contribution in [0.25, 0.3) is 11.1 Å². The summed E-state index contributed by atoms with van der Waals surface area (Å²) in [5.41, 5.74) is -0.142. The molecule has 0 bridgehead atoms. The molecule has 0 saturated carbocycles. The number of nitrogens with zero attached hydrogens (tertiary/aromatic N) is 2. The molecule has 9 heteroatoms. The van der Waals surface area contributed by atoms with Crippen molar-refractivity contribution in [3.8, 4) is 28.6 Å². The average Bonchev–Trinajstić information content (AvgIpc) is 3.06. The first-order valence-electron chi connectivity index (χ1n) is 9.17. The van der Waals surface area contributed by atoms with Crippen LogP contribution in [0, 0.1) is 5.92 Å². The number of aromatic nitrogens is 2. The summed E-state index contributed by atoms with van der Waals surface area (Å²) >= 11 is 6.68. The normalized spacial score (nSPS) is 22.4. The number of hydrogen-bond acceptors (Lipinski definition) is 8. The highest BCUT2D eigenvalue weighted by Gasteiger charge is 2.59. The fourth-order valence-corrected chi connectivity index (χ4v) is 4.24. The van der Waals surface area contributed by atoms with Crippen molar-refractivity contribution < 1.29 is 28.5 Å². The molecule has 2 atom stereocenters. The fourth-order valence-electron chi connectivity index (χ4n) is 3.94. The zero-order valence-corrected chi connectivity index (χ0v) is 17.6. The van der Waals surface area contributed by atoms with Crippen molar-refractivity contribution in [2.24, 2.45) is 5.92 Å². The maximum Gasteiger partial charge on any atom is 0.316 e. The van der Waals surface area contributed by atoms with Gasteiger partial charge in [-0.1, -0.05) is 18.5 Å². The van der Waals surface area contributed by atoms with E-state index in [9.17, 15) is 9.59 Å². The number of hydrogen-bond donors (Lipinski definition) is 0. The molecule has 0 N–H and O–H groups in total. The van der Waals surface area contributed by atoms with Gasteiger partial charge in [0.15, 0.2) is 17.3 Å². The molecule has 2 aliphatic rings. The number of carbonyl (C=O) groups is 2. The standard InChI is InChI=1S/C21H19ClN2O6/c1-10-5-12(25)6-15(28-3)21(10)19(26)16-14(27-2)7-13(17(22)18(16)30-21)11-8-23-20(29-4)24-9-11/h6-10H,5H2,1-4H3/t10-,21+/m1/s1. The van der Waals surface area contributed by atoms with Crippen molar-refractivity contribution in [1.82, 2.24) is 9.97 Å². The van der Waals surface area contributed by atoms with Crippen LogP contribution in [-0.2, 0) is 9.53 Å². The lowest BCUT2D eigenvalue weighted by Crippen LogP contribution is -2.51. The van der Waals surface area contributed by atoms with E-state index in [1.807, 2.05) is 0 Å². The van der Waals surface area contributed by atoms with Crippen LogP contribution in [0.3, 0.4) is 0 Å². The summed E-state index contributed by atoms with van der Waals surface area (Å²) in [5.74, 6) is -0.329. The lowest BCUT2D eigenvalue weighted by molar-refractivity contribution is -0.118. The third kappa shape index (κ3) is 2.74. The summed E-state index contributed by atoms with van der Waals surface area (Å²) in [5, 5.41) is 0.212. The largest absolute Gasteiger partial charge is 0.496 e. The van der Waals surface area contributed by atoms with E-state index < -0.39 is 11.5 Å². The summed E-state index contributed by atoms with van der Waals surface area (Å²) in [6.07, 6.45) is 4.55. The van der Waals surface area contributed by atoms with E-state index in [0.717, 1.165) is 0 Å². The predicted molar refractivity (Wildman–Crippen MR) is 107 cm³/mol. The van der Waals surface area contributed by atoms with Crippen LogP contribution < -0.4 is 14.2 Å². The molecule has 1 aliphatic carbocycles. The first-order valence-corrected chi connectivity index (χ1v) is 9.54. The van der Waals surface area contributed by atoms with Gasteiger partial charge in [0.05, 0.1) is 26.4 Å². The molecular weight excluding hydrogens is 412 g/mol. The molecule has 1 aromatic carbocycles. The maximum absolute atomic E-state index is 13.6. The summed E-state index contributed by atoms with van der Waals surface area (Å²) in [6, 6.07) is 1.85. The molecular formula is C21H19ClN2O6. The Balaban J connectivity index is 1.91. The van der Waals surface area contributed by atoms with Crippen LogP contribution in [0.1, 0.15) is 23.7 Å². The molecule has 0 amide bonds. The molecule has 0 unspecified atom stereocenters. The molecule has 1 spiro atoms. The van der Waals surface area contributed by atoms with Crippen LogP contribution in [0.5, 0.6) is 17.5 Å². The molecule has 1 aliphatic heterocycles. The number of carbonyl (C=O) groups excluding carboxylic acids is 2. The fraction of sp³-hybridized carbons (Fsp3) is 0.333. The number of fused-ring (bicyclic) bond motifs is 1. The Bertz CT molecular complexity index is 1080. The molecule has 2 heterocycles. The second kappa shape index (κ2) is 7.28. The van der Waals surface area contributed by atoms with E-state index in [0.29, 0.717) is 16.9 Å². The first-order chi connectivity index (χ1) is 14.4. The molecule has 0 saturated heterocycles. The van der Waals surface area contributed by atoms with Crippen molar-refractivity contribution in [3.05, 3.63) is 40.9 Å². The summed E-state index contributed by atoms with van der Waals surface area (Å²) < 4.78 is 22.1. The number of methoxy groups -OCH3 is 3. The lowest BCUT2D eigenvalue weighted by atomic mass is 9.75. The van der Waals surface area contributed by atoms with E-state index in [1.165, 1.54) is 27.4 Å². The Hall–Kier alpha value is -3.13. The van der Waals surface area contributed by atoms with Crippen molar-refractivity contribution in [1.29, 1.82) is 0 Å². The molecule has 2 aromatic rings. The SMILES string of the molecule is COC1=CC(=O)C[C@@H](C)[C@]12Oc1c(Cl)c(-c3cnc(OC)nc3)cc(OC)c1C2=O. The number of benzene rings is 1. The van der Waals surface area contributed by atoms with E-state index >= 15 is 0 Å². The second-order valence-electron chi connectivity index (χ2n) is 7.05. The van der Waals surface area contributed by atoms with Gasteiger partial charge in [-0.15, -0.1) is 0 Å². The lowest BCUT2D eigenvalue weighted by Gasteiger charge is -2.36. The molecule has 30 heavy (non-hydrogen) atoms. The van der Waals surface area contributed by atoms with Gasteiger partial charge >= 0.3 is 6.01 Å². The predicted octanol–water partition coefficient (Wildman–Crippen LogP) is 3.27. The highest BCUT2D eigenvalue weighted by molar-refractivity contribution is 6.36. The third-order valence-electron chi connectivity index (χ3n) is 5.43. The molecule has 1 aromatic heterocycles. The monoisotopic (exact) mass is 430 g/mol. The summed E-state index contributed by atoms with van der Waals surface area (Å²) in [4.78, 5) is 33.8. The summed E-state index contributed by atoms with van der Waals surface area (Å²) in [7, 11) is 4.32. The Kier molecular flexibility index (Phi) is 4.89. The number of halogens is 1. The minimum absolute atomic E-state index is 0.133. The van der Waals surface area contributed by atoms with Gasteiger partial charge < -0.3 is 18.9 Å². The van der Waals surface area contributed by atoms with Crippen molar-refractivity contribution in [3.63, 3.8) is 0 Å². The van der Waals surface area contributed by atoms with E-state index in [4.69, 9.17) is 30.5 Å². The number of Topliss-reactive ketones (excluding diaryl/α,β-unsaturated/α-hetero) is 1. The highest BCUT2D eigenvalue weighted by atomic mass is 35.5. The van der Waals surface area contributed by atoms with E-state index in [-0.39, 0.29) is 46.1 Å². The maximum atomic E-state index is 13.6. The van der Waals surface area contributed by atoms with Gasteiger partial charge in [0, 0.05) is 41.9 Å². The van der Waals surface area contributed by atoms with Gasteiger partial charge in [0.1, 0.15) is 11.3 Å². The van der Waals surface area contributed by atoms with Crippen molar-refractivity contribution in [2.75, 3.05) is 21.3 Å². The summed E-state index contributed by atoms with van der Waals surface area (Å²) in [6.45, 7) is 1.77. The van der Waals surface area contributed by atoms with Gasteiger partial charge in [-0.05, 0) is 6.07 Å². The van der Waals surface area contributed by atoms with Crippen LogP contribution in [-0.4, -0.2) is 48.5 Å². The number of allylic oxidation sites excluding steroid dienone is 1. The Morgan fingerprint density at radius 3 is 2.43 bits per heavy atom. The Morgan fingerprint density at radius 2 is 1.83 bits per heavy atom. The molecule has 156 valence electrons. The van der Waals surface area contributed by atoms with Crippen LogP contribution in [0.15, 0.2) is 30.3 Å². The zero-order chi connectivity index (χ0) is 21.6. The quantitative estimate of drug-likeness (QED) is 0.729. The topological polar surface area (TPSA) is 96.8 Å². The van der Waals surface area contributed by atoms with Crippen LogP contribution in [0.2, 0.25) is 5.02 Å². The number of ether oxygens (including phenoxy) is 4. The Labute approximate surface area is 177 Å². The smallest absolute Gasteiger partial charge is 0.316 e. The van der Waals surface area contributed by atoms with Gasteiger partial charge in [0.25, 0.3) is 0 Å². The first kappa shape index (κ1) is 20.2. The number of rotatable bonds is 4. The van der Waals surface area contributed by atoms with Gasteiger partial charge in [0.2, 0.25) is 11.4 Å². The van der Waals surface area contributed by atoms with Crippen molar-refractivity contribution >= 4 is 23.2 Å². The molecule has 4 rings (SSSR count). The Morgan fingerprint density at radius 1 is 1.13 bits per heavy atom. The molecule has 8 nitrogen and oxygen atoms in total. The van der Waals surface area contributed by atoms with Gasteiger partial charge in [-0.25, -0.2) is 9.97 Å². The van der Waals surface area contributed by atoms with E-state index in [1.54, 1.807) is 25.4 Å². The minimum Gasteiger partial charge on any atom is -0.496 e. The van der Waals surface area contributed by atoms with Crippen LogP contribution in [0.4, 0.5) is 0 Å².